The van der Waals surface area contributed by atoms with Gasteiger partial charge >= 0.3 is 11.9 Å². The van der Waals surface area contributed by atoms with Gasteiger partial charge in [0.2, 0.25) is 0 Å². The molecule has 5 nitrogen and oxygen atoms in total. The van der Waals surface area contributed by atoms with E-state index in [4.69, 9.17) is 0 Å². The van der Waals surface area contributed by atoms with Crippen LogP contribution in [-0.2, 0) is 19.2 Å². The van der Waals surface area contributed by atoms with E-state index in [1.807, 2.05) is 0 Å². The summed E-state index contributed by atoms with van der Waals surface area (Å²) in [4.78, 5) is 11.5. The van der Waals surface area contributed by atoms with E-state index in [-0.39, 0.29) is 5.82 Å². The van der Waals surface area contributed by atoms with Gasteiger partial charge in [0.25, 0.3) is 0 Å². The van der Waals surface area contributed by atoms with Gasteiger partial charge in [0.15, 0.2) is 5.82 Å². The number of halogens is 3. The molecule has 0 aliphatic rings. The second kappa shape index (κ2) is 4.17. The van der Waals surface area contributed by atoms with E-state index < -0.39 is 30.4 Å². The highest BCUT2D eigenvalue weighted by molar-refractivity contribution is 4.97. The number of aromatic nitrogens is 3. The summed E-state index contributed by atoms with van der Waals surface area (Å²) in [7, 11) is 1.35. The van der Waals surface area contributed by atoms with Gasteiger partial charge in [0, 0.05) is 7.05 Å². The topological polar surface area (TPSA) is 60.0 Å². The van der Waals surface area contributed by atoms with E-state index in [2.05, 4.69) is 5.10 Å². The van der Waals surface area contributed by atoms with Gasteiger partial charge < -0.3 is 5.11 Å². The number of aryl methyl sites for hydroxylation is 1. The average Bonchev–Trinajstić information content (AvgIpc) is 2.39. The Balaban J connectivity index is 3.01. The molecule has 1 N–H and O–H groups in total. The fraction of sp³-hybridized carbons (Fsp3) is 0.778. The molecule has 0 saturated heterocycles. The minimum absolute atomic E-state index is 0.0321. The molecule has 0 aliphatic heterocycles. The Bertz CT molecular complexity index is 454. The molecule has 98 valence electrons. The van der Waals surface area contributed by atoms with Crippen LogP contribution >= 0.6 is 0 Å². The highest BCUT2D eigenvalue weighted by Gasteiger charge is 2.29. The second-order valence-corrected chi connectivity index (χ2v) is 4.31. The molecule has 1 rings (SSSR count). The molecule has 1 aromatic rings. The van der Waals surface area contributed by atoms with Crippen LogP contribution in [0.15, 0.2) is 4.79 Å². The minimum Gasteiger partial charge on any atom is -0.382 e. The van der Waals surface area contributed by atoms with Crippen molar-refractivity contribution in [3.63, 3.8) is 0 Å². The number of hydrogen-bond acceptors (Lipinski definition) is 3. The number of aliphatic hydroxyl groups is 1. The Morgan fingerprint density at radius 3 is 2.24 bits per heavy atom. The van der Waals surface area contributed by atoms with Gasteiger partial charge in [0.1, 0.15) is 5.60 Å². The van der Waals surface area contributed by atoms with Crippen molar-refractivity contribution in [3.05, 3.63) is 16.3 Å². The zero-order valence-corrected chi connectivity index (χ0v) is 9.75. The van der Waals surface area contributed by atoms with Crippen molar-refractivity contribution >= 4 is 0 Å². The van der Waals surface area contributed by atoms with Gasteiger partial charge in [-0.25, -0.2) is 9.48 Å². The fourth-order valence-electron chi connectivity index (χ4n) is 1.40. The first-order chi connectivity index (χ1) is 7.52. The smallest absolute Gasteiger partial charge is 0.382 e. The van der Waals surface area contributed by atoms with Crippen LogP contribution in [0.2, 0.25) is 0 Å². The van der Waals surface area contributed by atoms with Crippen molar-refractivity contribution in [1.29, 1.82) is 0 Å². The van der Waals surface area contributed by atoms with Crippen molar-refractivity contribution < 1.29 is 18.3 Å². The van der Waals surface area contributed by atoms with Gasteiger partial charge in [-0.2, -0.15) is 18.3 Å². The zero-order chi connectivity index (χ0) is 13.4. The second-order valence-electron chi connectivity index (χ2n) is 4.31. The lowest BCUT2D eigenvalue weighted by Crippen LogP contribution is -2.27. The summed E-state index contributed by atoms with van der Waals surface area (Å²) in [5, 5.41) is 13.4. The van der Waals surface area contributed by atoms with Crippen molar-refractivity contribution in [1.82, 2.24) is 14.3 Å². The van der Waals surface area contributed by atoms with E-state index in [1.54, 1.807) is 0 Å². The number of rotatable bonds is 3. The molecule has 0 radical (unpaired) electrons. The van der Waals surface area contributed by atoms with Crippen molar-refractivity contribution in [2.75, 3.05) is 0 Å². The maximum absolute atomic E-state index is 12.0. The molecule has 17 heavy (non-hydrogen) atoms. The Hall–Kier alpha value is -1.31. The zero-order valence-electron chi connectivity index (χ0n) is 9.75. The summed E-state index contributed by atoms with van der Waals surface area (Å²) >= 11 is 0. The molecule has 0 unspecified atom stereocenters. The first-order valence-electron chi connectivity index (χ1n) is 4.96. The van der Waals surface area contributed by atoms with E-state index in [0.717, 1.165) is 4.57 Å². The van der Waals surface area contributed by atoms with Crippen LogP contribution in [0.4, 0.5) is 13.2 Å². The third-order valence-electron chi connectivity index (χ3n) is 2.20. The normalized spacial score (nSPS) is 13.1. The lowest BCUT2D eigenvalue weighted by atomic mass is 10.1. The van der Waals surface area contributed by atoms with Crippen molar-refractivity contribution in [3.8, 4) is 0 Å². The molecule has 0 saturated carbocycles. The average molecular weight is 253 g/mol. The number of alkyl halides is 3. The van der Waals surface area contributed by atoms with Gasteiger partial charge in [-0.05, 0) is 13.8 Å². The van der Waals surface area contributed by atoms with E-state index >= 15 is 0 Å². The molecule has 0 amide bonds. The maximum Gasteiger partial charge on any atom is 0.390 e. The monoisotopic (exact) mass is 253 g/mol. The summed E-state index contributed by atoms with van der Waals surface area (Å²) in [5.74, 6) is 0.0321. The SMILES string of the molecule is Cn1c(C(C)(C)O)nn(CCC(F)(F)F)c1=O. The summed E-state index contributed by atoms with van der Waals surface area (Å²) in [6.45, 7) is 2.26. The van der Waals surface area contributed by atoms with E-state index in [0.29, 0.717) is 4.68 Å². The lowest BCUT2D eigenvalue weighted by Gasteiger charge is -2.14. The summed E-state index contributed by atoms with van der Waals surface area (Å²) in [6.07, 6.45) is -5.47. The molecule has 0 aliphatic carbocycles. The van der Waals surface area contributed by atoms with E-state index in [9.17, 15) is 23.1 Å². The van der Waals surface area contributed by atoms with Crippen molar-refractivity contribution in [2.24, 2.45) is 7.05 Å². The minimum atomic E-state index is -4.34. The van der Waals surface area contributed by atoms with Crippen LogP contribution in [0.25, 0.3) is 0 Å². The summed E-state index contributed by atoms with van der Waals surface area (Å²) in [6, 6.07) is 0. The maximum atomic E-state index is 12.0. The third kappa shape index (κ3) is 3.32. The van der Waals surface area contributed by atoms with Gasteiger partial charge in [-0.15, -0.1) is 0 Å². The van der Waals surface area contributed by atoms with Crippen LogP contribution in [0.3, 0.4) is 0 Å². The van der Waals surface area contributed by atoms with Gasteiger partial charge in [0.05, 0.1) is 13.0 Å². The Kier molecular flexibility index (Phi) is 3.37. The van der Waals surface area contributed by atoms with E-state index in [1.165, 1.54) is 20.9 Å². The summed E-state index contributed by atoms with van der Waals surface area (Å²) in [5.41, 5.74) is -2.05. The molecule has 0 bridgehead atoms. The molecule has 0 spiro atoms. The van der Waals surface area contributed by atoms with Crippen LogP contribution in [0, 0.1) is 0 Å². The Labute approximate surface area is 95.5 Å². The van der Waals surface area contributed by atoms with Gasteiger partial charge in [-0.1, -0.05) is 0 Å². The van der Waals surface area contributed by atoms with Crippen LogP contribution in [0.5, 0.6) is 0 Å². The molecular formula is C9H14F3N3O2. The molecule has 1 heterocycles. The largest absolute Gasteiger partial charge is 0.390 e. The molecule has 0 aromatic carbocycles. The molecule has 0 atom stereocenters. The molecular weight excluding hydrogens is 239 g/mol. The fourth-order valence-corrected chi connectivity index (χ4v) is 1.40. The van der Waals surface area contributed by atoms with Crippen LogP contribution in [-0.4, -0.2) is 25.6 Å². The Morgan fingerprint density at radius 2 is 1.88 bits per heavy atom. The predicted octanol–water partition coefficient (Wildman–Crippen LogP) is 0.762. The highest BCUT2D eigenvalue weighted by atomic mass is 19.4. The van der Waals surface area contributed by atoms with Crippen LogP contribution < -0.4 is 5.69 Å². The third-order valence-corrected chi connectivity index (χ3v) is 2.20. The molecule has 0 fully saturated rings. The Morgan fingerprint density at radius 1 is 1.35 bits per heavy atom. The van der Waals surface area contributed by atoms with Crippen molar-refractivity contribution in [2.45, 2.75) is 38.6 Å². The number of nitrogens with zero attached hydrogens (tertiary/aromatic N) is 3. The highest BCUT2D eigenvalue weighted by Crippen LogP contribution is 2.20. The quantitative estimate of drug-likeness (QED) is 0.865. The number of hydrogen-bond donors (Lipinski definition) is 1. The lowest BCUT2D eigenvalue weighted by molar-refractivity contribution is -0.137. The first-order valence-corrected chi connectivity index (χ1v) is 4.96. The summed E-state index contributed by atoms with van der Waals surface area (Å²) < 4.78 is 37.8. The van der Waals surface area contributed by atoms with Gasteiger partial charge in [-0.3, -0.25) is 4.57 Å². The standard InChI is InChI=1S/C9H14F3N3O2/c1-8(2,17)6-13-15(7(16)14(6)3)5-4-9(10,11)12/h17H,4-5H2,1-3H3. The van der Waals surface area contributed by atoms with Crippen LogP contribution in [0.1, 0.15) is 26.1 Å². The first kappa shape index (κ1) is 13.8. The molecule has 1 aromatic heterocycles. The molecule has 8 heteroatoms. The predicted molar refractivity (Wildman–Crippen MR) is 53.4 cm³/mol.